The number of anilines is 2. The average molecular weight is 546 g/mol. The van der Waals surface area contributed by atoms with E-state index >= 15 is 0 Å². The topological polar surface area (TPSA) is 71.3 Å². The number of carbonyl (C=O) groups excluding carboxylic acids is 1. The number of benzene rings is 2. The van der Waals surface area contributed by atoms with Gasteiger partial charge in [0.05, 0.1) is 16.9 Å². The summed E-state index contributed by atoms with van der Waals surface area (Å²) < 4.78 is 3.67. The molecule has 5 nitrogen and oxygen atoms in total. The number of aromatic nitrogens is 1. The lowest BCUT2D eigenvalue weighted by Crippen LogP contribution is -2.29. The SMILES string of the molecule is CC1(C)CC(=O)c2c(Nc3ccc(Br)cc3)c(-c3ccc(Br)cc3)n(CC(=O)O)c2C1. The van der Waals surface area contributed by atoms with E-state index in [1.807, 2.05) is 62.4 Å². The second-order valence-electron chi connectivity index (χ2n) is 8.60. The van der Waals surface area contributed by atoms with Gasteiger partial charge in [0, 0.05) is 32.3 Å². The van der Waals surface area contributed by atoms with Crippen LogP contribution in [0.3, 0.4) is 0 Å². The van der Waals surface area contributed by atoms with Crippen molar-refractivity contribution in [1.29, 1.82) is 0 Å². The van der Waals surface area contributed by atoms with Gasteiger partial charge in [0.15, 0.2) is 5.78 Å². The molecule has 0 aliphatic heterocycles. The third-order valence-electron chi connectivity index (χ3n) is 5.46. The predicted molar refractivity (Wildman–Crippen MR) is 129 cm³/mol. The summed E-state index contributed by atoms with van der Waals surface area (Å²) in [5.74, 6) is -0.907. The highest BCUT2D eigenvalue weighted by Crippen LogP contribution is 2.45. The summed E-state index contributed by atoms with van der Waals surface area (Å²) in [6.45, 7) is 3.89. The lowest BCUT2D eigenvalue weighted by molar-refractivity contribution is -0.137. The van der Waals surface area contributed by atoms with Crippen LogP contribution in [0.2, 0.25) is 0 Å². The molecule has 160 valence electrons. The fourth-order valence-corrected chi connectivity index (χ4v) is 4.74. The average Bonchev–Trinajstić information content (AvgIpc) is 2.96. The first-order chi connectivity index (χ1) is 14.6. The van der Waals surface area contributed by atoms with E-state index in [1.165, 1.54) is 0 Å². The summed E-state index contributed by atoms with van der Waals surface area (Å²) in [5.41, 5.74) is 4.21. The number of fused-ring (bicyclic) bond motifs is 1. The summed E-state index contributed by atoms with van der Waals surface area (Å²) in [4.78, 5) is 25.1. The molecule has 0 saturated carbocycles. The standard InChI is InChI=1S/C24H22Br2N2O3/c1-24(2)11-18-21(19(29)12-24)22(27-17-9-7-16(26)8-10-17)23(28(18)13-20(30)31)14-3-5-15(25)6-4-14/h3-10,27H,11-13H2,1-2H3,(H,30,31). The molecule has 0 spiro atoms. The number of carboxylic acids is 1. The lowest BCUT2D eigenvalue weighted by atomic mass is 9.76. The van der Waals surface area contributed by atoms with Crippen LogP contribution in [0.4, 0.5) is 11.4 Å². The molecule has 0 atom stereocenters. The molecule has 0 fully saturated rings. The van der Waals surface area contributed by atoms with Crippen molar-refractivity contribution in [2.24, 2.45) is 5.41 Å². The number of hydrogen-bond acceptors (Lipinski definition) is 3. The minimum Gasteiger partial charge on any atom is -0.480 e. The molecule has 31 heavy (non-hydrogen) atoms. The lowest BCUT2D eigenvalue weighted by Gasteiger charge is -2.29. The molecular formula is C24H22Br2N2O3. The van der Waals surface area contributed by atoms with Gasteiger partial charge >= 0.3 is 5.97 Å². The molecule has 2 N–H and O–H groups in total. The predicted octanol–water partition coefficient (Wildman–Crippen LogP) is 6.66. The van der Waals surface area contributed by atoms with Gasteiger partial charge in [-0.3, -0.25) is 9.59 Å². The molecule has 1 heterocycles. The Balaban J connectivity index is 1.99. The van der Waals surface area contributed by atoms with E-state index in [0.29, 0.717) is 29.8 Å². The maximum atomic E-state index is 13.3. The first kappa shape index (κ1) is 21.8. The van der Waals surface area contributed by atoms with Crippen LogP contribution in [0.1, 0.15) is 36.3 Å². The van der Waals surface area contributed by atoms with Gasteiger partial charge in [-0.1, -0.05) is 57.8 Å². The normalized spacial score (nSPS) is 14.9. The van der Waals surface area contributed by atoms with Crippen LogP contribution in [0.15, 0.2) is 57.5 Å². The molecule has 2 aromatic carbocycles. The fourth-order valence-electron chi connectivity index (χ4n) is 4.21. The molecule has 1 aliphatic rings. The number of Topliss-reactive ketones (excluding diaryl/α,β-unsaturated/α-hetero) is 1. The van der Waals surface area contributed by atoms with Crippen LogP contribution in [-0.4, -0.2) is 21.4 Å². The van der Waals surface area contributed by atoms with Crippen molar-refractivity contribution in [2.75, 3.05) is 5.32 Å². The molecule has 0 amide bonds. The van der Waals surface area contributed by atoms with Gasteiger partial charge < -0.3 is 15.0 Å². The van der Waals surface area contributed by atoms with Crippen LogP contribution in [0.5, 0.6) is 0 Å². The maximum absolute atomic E-state index is 13.3. The quantitative estimate of drug-likeness (QED) is 0.376. The first-order valence-electron chi connectivity index (χ1n) is 9.93. The van der Waals surface area contributed by atoms with Crippen molar-refractivity contribution < 1.29 is 14.7 Å². The molecule has 3 aromatic rings. The molecule has 0 bridgehead atoms. The van der Waals surface area contributed by atoms with Crippen LogP contribution in [0.25, 0.3) is 11.3 Å². The van der Waals surface area contributed by atoms with Crippen molar-refractivity contribution in [3.8, 4) is 11.3 Å². The zero-order chi connectivity index (χ0) is 22.3. The summed E-state index contributed by atoms with van der Waals surface area (Å²) in [5, 5.41) is 13.1. The van der Waals surface area contributed by atoms with E-state index in [4.69, 9.17) is 0 Å². The molecule has 0 radical (unpaired) electrons. The second kappa shape index (κ2) is 8.28. The monoisotopic (exact) mass is 544 g/mol. The maximum Gasteiger partial charge on any atom is 0.323 e. The van der Waals surface area contributed by atoms with Gasteiger partial charge in [-0.05, 0) is 48.2 Å². The van der Waals surface area contributed by atoms with Gasteiger partial charge in [-0.2, -0.15) is 0 Å². The number of ketones is 1. The Bertz CT molecular complexity index is 1160. The molecule has 1 aliphatic carbocycles. The van der Waals surface area contributed by atoms with Crippen molar-refractivity contribution in [1.82, 2.24) is 4.57 Å². The number of hydrogen-bond donors (Lipinski definition) is 2. The Labute approximate surface area is 197 Å². The molecule has 1 aromatic heterocycles. The number of rotatable bonds is 5. The number of halogens is 2. The Hall–Kier alpha value is -2.38. The number of nitrogens with one attached hydrogen (secondary N) is 1. The van der Waals surface area contributed by atoms with Crippen LogP contribution >= 0.6 is 31.9 Å². The summed E-state index contributed by atoms with van der Waals surface area (Å²) in [7, 11) is 0. The van der Waals surface area contributed by atoms with Crippen molar-refractivity contribution >= 4 is 55.0 Å². The van der Waals surface area contributed by atoms with Gasteiger partial charge in [0.1, 0.15) is 6.54 Å². The molecule has 0 unspecified atom stereocenters. The third kappa shape index (κ3) is 4.48. The van der Waals surface area contributed by atoms with E-state index in [0.717, 1.165) is 25.9 Å². The zero-order valence-corrected chi connectivity index (χ0v) is 20.4. The largest absolute Gasteiger partial charge is 0.480 e. The highest BCUT2D eigenvalue weighted by Gasteiger charge is 2.38. The van der Waals surface area contributed by atoms with Crippen LogP contribution in [-0.2, 0) is 17.8 Å². The molecular weight excluding hydrogens is 524 g/mol. The molecule has 4 rings (SSSR count). The van der Waals surface area contributed by atoms with E-state index in [9.17, 15) is 14.7 Å². The van der Waals surface area contributed by atoms with Crippen molar-refractivity contribution in [3.05, 3.63) is 68.7 Å². The highest BCUT2D eigenvalue weighted by molar-refractivity contribution is 9.10. The van der Waals surface area contributed by atoms with Crippen molar-refractivity contribution in [2.45, 2.75) is 33.2 Å². The number of carboxylic acid groups (broad SMARTS) is 1. The van der Waals surface area contributed by atoms with Gasteiger partial charge in [0.25, 0.3) is 0 Å². The Kier molecular flexibility index (Phi) is 5.83. The smallest absolute Gasteiger partial charge is 0.323 e. The Morgan fingerprint density at radius 2 is 1.61 bits per heavy atom. The van der Waals surface area contributed by atoms with E-state index in [1.54, 1.807) is 4.57 Å². The summed E-state index contributed by atoms with van der Waals surface area (Å²) in [6, 6.07) is 15.4. The van der Waals surface area contributed by atoms with Gasteiger partial charge in [-0.15, -0.1) is 0 Å². The van der Waals surface area contributed by atoms with E-state index in [2.05, 4.69) is 37.2 Å². The van der Waals surface area contributed by atoms with E-state index in [-0.39, 0.29) is 17.7 Å². The first-order valence-corrected chi connectivity index (χ1v) is 11.5. The number of nitrogens with zero attached hydrogens (tertiary/aromatic N) is 1. The van der Waals surface area contributed by atoms with Crippen LogP contribution < -0.4 is 5.32 Å². The van der Waals surface area contributed by atoms with Gasteiger partial charge in [0.2, 0.25) is 0 Å². The Morgan fingerprint density at radius 3 is 2.19 bits per heavy atom. The summed E-state index contributed by atoms with van der Waals surface area (Å²) in [6.07, 6.45) is 1.05. The minimum absolute atomic E-state index is 0.0355. The van der Waals surface area contributed by atoms with Crippen molar-refractivity contribution in [3.63, 3.8) is 0 Å². The molecule has 0 saturated heterocycles. The number of carbonyl (C=O) groups is 2. The third-order valence-corrected chi connectivity index (χ3v) is 6.52. The number of aliphatic carboxylic acids is 1. The van der Waals surface area contributed by atoms with E-state index < -0.39 is 5.97 Å². The fraction of sp³-hybridized carbons (Fsp3) is 0.250. The Morgan fingerprint density at radius 1 is 1.03 bits per heavy atom. The van der Waals surface area contributed by atoms with Crippen LogP contribution in [0, 0.1) is 5.41 Å². The van der Waals surface area contributed by atoms with Gasteiger partial charge in [-0.25, -0.2) is 0 Å². The second-order valence-corrected chi connectivity index (χ2v) is 10.4. The molecule has 7 heteroatoms. The minimum atomic E-state index is -0.942. The summed E-state index contributed by atoms with van der Waals surface area (Å²) >= 11 is 6.91. The highest BCUT2D eigenvalue weighted by atomic mass is 79.9. The zero-order valence-electron chi connectivity index (χ0n) is 17.2.